The van der Waals surface area contributed by atoms with Crippen LogP contribution in [0.15, 0.2) is 24.4 Å². The predicted molar refractivity (Wildman–Crippen MR) is 82.5 cm³/mol. The smallest absolute Gasteiger partial charge is 0.165 e. The largest absolute Gasteiger partial charge is 0.494 e. The van der Waals surface area contributed by atoms with E-state index < -0.39 is 0 Å². The maximum atomic E-state index is 13.5. The maximum Gasteiger partial charge on any atom is 0.165 e. The number of fused-ring (bicyclic) bond motifs is 3. The third-order valence-electron chi connectivity index (χ3n) is 4.24. The number of hydrogen-bond donors (Lipinski definition) is 1. The summed E-state index contributed by atoms with van der Waals surface area (Å²) in [5.74, 6) is 0.418. The Morgan fingerprint density at radius 3 is 2.95 bits per heavy atom. The molecule has 112 valence electrons. The average Bonchev–Trinajstić information content (AvgIpc) is 2.93. The van der Waals surface area contributed by atoms with Crippen LogP contribution in [0.4, 0.5) is 4.39 Å². The molecule has 4 nitrogen and oxygen atoms in total. The quantitative estimate of drug-likeness (QED) is 0.785. The molecule has 5 heteroatoms. The molecule has 2 aromatic heterocycles. The van der Waals surface area contributed by atoms with Crippen LogP contribution >= 0.6 is 0 Å². The number of hydrogen-bond acceptors (Lipinski definition) is 3. The highest BCUT2D eigenvalue weighted by Crippen LogP contribution is 2.30. The van der Waals surface area contributed by atoms with Gasteiger partial charge in [0.1, 0.15) is 0 Å². The topological polar surface area (TPSA) is 50.8 Å². The van der Waals surface area contributed by atoms with Gasteiger partial charge in [0.05, 0.1) is 24.3 Å². The lowest BCUT2D eigenvalue weighted by Crippen LogP contribution is -2.00. The van der Waals surface area contributed by atoms with Gasteiger partial charge in [0.25, 0.3) is 0 Å². The van der Waals surface area contributed by atoms with E-state index in [1.807, 2.05) is 6.20 Å². The normalized spacial score (nSPS) is 14.1. The molecule has 4 rings (SSSR count). The Morgan fingerprint density at radius 1 is 1.23 bits per heavy atom. The Morgan fingerprint density at radius 2 is 2.09 bits per heavy atom. The molecule has 1 aliphatic carbocycles. The summed E-state index contributed by atoms with van der Waals surface area (Å²) in [6, 6.07) is 4.70. The van der Waals surface area contributed by atoms with Crippen LogP contribution in [0.1, 0.15) is 24.1 Å². The molecule has 0 unspecified atom stereocenters. The minimum Gasteiger partial charge on any atom is -0.494 e. The number of nitrogens with zero attached hydrogens (tertiary/aromatic N) is 2. The molecule has 0 radical (unpaired) electrons. The van der Waals surface area contributed by atoms with Gasteiger partial charge in [-0.1, -0.05) is 0 Å². The van der Waals surface area contributed by atoms with Crippen LogP contribution in [-0.4, -0.2) is 22.1 Å². The van der Waals surface area contributed by atoms with Gasteiger partial charge in [-0.25, -0.2) is 14.4 Å². The Labute approximate surface area is 127 Å². The number of methoxy groups -OCH3 is 1. The van der Waals surface area contributed by atoms with E-state index in [1.165, 1.54) is 37.3 Å². The number of H-pyrrole nitrogens is 1. The molecule has 0 atom stereocenters. The zero-order chi connectivity index (χ0) is 15.1. The van der Waals surface area contributed by atoms with Gasteiger partial charge in [-0.15, -0.1) is 0 Å². The van der Waals surface area contributed by atoms with Crippen molar-refractivity contribution in [3.8, 4) is 17.1 Å². The molecule has 3 aromatic rings. The SMILES string of the molecule is COc1cc(-c2ncc3[nH]c4c(c3n2)CCCC4)ccc1F. The monoisotopic (exact) mass is 297 g/mol. The molecular weight excluding hydrogens is 281 g/mol. The fraction of sp³-hybridized carbons (Fsp3) is 0.294. The number of benzene rings is 1. The number of rotatable bonds is 2. The number of halogens is 1. The molecule has 0 aliphatic heterocycles. The van der Waals surface area contributed by atoms with Crippen LogP contribution < -0.4 is 4.74 Å². The van der Waals surface area contributed by atoms with Crippen molar-refractivity contribution in [2.24, 2.45) is 0 Å². The standard InChI is InChI=1S/C17H16FN3O/c1-22-15-8-10(6-7-12(15)18)17-19-9-14-16(21-17)11-4-2-3-5-13(11)20-14/h6-9,20H,2-5H2,1H3. The molecule has 0 fully saturated rings. The van der Waals surface area contributed by atoms with Crippen LogP contribution in [0.3, 0.4) is 0 Å². The van der Waals surface area contributed by atoms with Gasteiger partial charge in [-0.2, -0.15) is 0 Å². The average molecular weight is 297 g/mol. The van der Waals surface area contributed by atoms with Crippen LogP contribution in [0, 0.1) is 5.82 Å². The first-order valence-electron chi connectivity index (χ1n) is 7.46. The summed E-state index contributed by atoms with van der Waals surface area (Å²) in [5.41, 5.74) is 5.31. The second-order valence-electron chi connectivity index (χ2n) is 5.59. The van der Waals surface area contributed by atoms with E-state index >= 15 is 0 Å². The maximum absolute atomic E-state index is 13.5. The molecule has 2 heterocycles. The molecule has 0 bridgehead atoms. The minimum atomic E-state index is -0.383. The van der Waals surface area contributed by atoms with E-state index in [2.05, 4.69) is 9.97 Å². The number of aromatic amines is 1. The molecule has 1 aliphatic rings. The molecule has 1 aromatic carbocycles. The molecule has 22 heavy (non-hydrogen) atoms. The lowest BCUT2D eigenvalue weighted by Gasteiger charge is -2.10. The van der Waals surface area contributed by atoms with E-state index in [9.17, 15) is 4.39 Å². The molecule has 1 N–H and O–H groups in total. The molecule has 0 saturated carbocycles. The highest BCUT2D eigenvalue weighted by atomic mass is 19.1. The molecule has 0 spiro atoms. The molecule has 0 amide bonds. The van der Waals surface area contributed by atoms with E-state index in [-0.39, 0.29) is 11.6 Å². The number of nitrogens with one attached hydrogen (secondary N) is 1. The number of ether oxygens (including phenoxy) is 1. The summed E-state index contributed by atoms with van der Waals surface area (Å²) in [7, 11) is 1.45. The van der Waals surface area contributed by atoms with Gasteiger partial charge in [-0.05, 0) is 49.4 Å². The van der Waals surface area contributed by atoms with Gasteiger partial charge < -0.3 is 9.72 Å². The van der Waals surface area contributed by atoms with Crippen molar-refractivity contribution in [1.29, 1.82) is 0 Å². The summed E-state index contributed by atoms with van der Waals surface area (Å²) in [4.78, 5) is 12.5. The summed E-state index contributed by atoms with van der Waals surface area (Å²) in [6.45, 7) is 0. The highest BCUT2D eigenvalue weighted by Gasteiger charge is 2.17. The van der Waals surface area contributed by atoms with Crippen molar-refractivity contribution in [3.63, 3.8) is 0 Å². The van der Waals surface area contributed by atoms with E-state index in [0.29, 0.717) is 5.82 Å². The third-order valence-corrected chi connectivity index (χ3v) is 4.24. The molecule has 0 saturated heterocycles. The Hall–Kier alpha value is -2.43. The Balaban J connectivity index is 1.85. The van der Waals surface area contributed by atoms with Crippen LogP contribution in [0.5, 0.6) is 5.75 Å². The van der Waals surface area contributed by atoms with Crippen LogP contribution in [0.2, 0.25) is 0 Å². The lowest BCUT2D eigenvalue weighted by molar-refractivity contribution is 0.387. The Kier molecular flexibility index (Phi) is 3.06. The fourth-order valence-electron chi connectivity index (χ4n) is 3.11. The number of aryl methyl sites for hydroxylation is 2. The fourth-order valence-corrected chi connectivity index (χ4v) is 3.11. The van der Waals surface area contributed by atoms with Gasteiger partial charge in [-0.3, -0.25) is 0 Å². The van der Waals surface area contributed by atoms with Crippen molar-refractivity contribution in [2.45, 2.75) is 25.7 Å². The van der Waals surface area contributed by atoms with Gasteiger partial charge in [0.2, 0.25) is 0 Å². The second-order valence-corrected chi connectivity index (χ2v) is 5.59. The van der Waals surface area contributed by atoms with Crippen molar-refractivity contribution in [2.75, 3.05) is 7.11 Å². The summed E-state index contributed by atoms with van der Waals surface area (Å²) in [6.07, 6.45) is 6.36. The lowest BCUT2D eigenvalue weighted by atomic mass is 9.97. The predicted octanol–water partition coefficient (Wildman–Crippen LogP) is 3.65. The first-order chi connectivity index (χ1) is 10.8. The zero-order valence-corrected chi connectivity index (χ0v) is 12.3. The summed E-state index contributed by atoms with van der Waals surface area (Å²) < 4.78 is 18.6. The first kappa shape index (κ1) is 13.2. The Bertz CT molecular complexity index is 856. The van der Waals surface area contributed by atoms with E-state index in [4.69, 9.17) is 9.72 Å². The van der Waals surface area contributed by atoms with Gasteiger partial charge in [0.15, 0.2) is 17.4 Å². The van der Waals surface area contributed by atoms with Crippen molar-refractivity contribution in [1.82, 2.24) is 15.0 Å². The van der Waals surface area contributed by atoms with Crippen LogP contribution in [-0.2, 0) is 12.8 Å². The minimum absolute atomic E-state index is 0.206. The van der Waals surface area contributed by atoms with Crippen molar-refractivity contribution >= 4 is 11.0 Å². The first-order valence-corrected chi connectivity index (χ1v) is 7.46. The molecular formula is C17H16FN3O. The highest BCUT2D eigenvalue weighted by molar-refractivity contribution is 5.82. The van der Waals surface area contributed by atoms with Gasteiger partial charge >= 0.3 is 0 Å². The zero-order valence-electron chi connectivity index (χ0n) is 12.3. The second kappa shape index (κ2) is 5.09. The summed E-state index contributed by atoms with van der Waals surface area (Å²) in [5, 5.41) is 0. The van der Waals surface area contributed by atoms with E-state index in [1.54, 1.807) is 12.1 Å². The van der Waals surface area contributed by atoms with Crippen molar-refractivity contribution in [3.05, 3.63) is 41.5 Å². The summed E-state index contributed by atoms with van der Waals surface area (Å²) >= 11 is 0. The third kappa shape index (κ3) is 2.04. The van der Waals surface area contributed by atoms with Crippen molar-refractivity contribution < 1.29 is 9.13 Å². The van der Waals surface area contributed by atoms with Gasteiger partial charge in [0, 0.05) is 11.3 Å². The van der Waals surface area contributed by atoms with Crippen LogP contribution in [0.25, 0.3) is 22.4 Å². The number of aromatic nitrogens is 3. The van der Waals surface area contributed by atoms with E-state index in [0.717, 1.165) is 29.4 Å².